The fourth-order valence-corrected chi connectivity index (χ4v) is 3.90. The Morgan fingerprint density at radius 1 is 1.35 bits per heavy atom. The number of hydrogen-bond donors (Lipinski definition) is 0. The number of nitrogens with zero attached hydrogens (tertiary/aromatic N) is 2. The molecule has 0 spiro atoms. The zero-order chi connectivity index (χ0) is 14.0. The molecule has 20 heavy (non-hydrogen) atoms. The van der Waals surface area contributed by atoms with Crippen molar-refractivity contribution in [2.24, 2.45) is 5.92 Å². The standard InChI is InChI=1S/C16H16ClFN2/c1-9-5-11-12-6-13(18)15(17)10-3-4-20(16(10)12)8-14(11)19(2)7-9/h3-6,9,14H,7-8H2,1-2H3. The van der Waals surface area contributed by atoms with E-state index >= 15 is 0 Å². The molecule has 2 aromatic rings. The Morgan fingerprint density at radius 2 is 2.15 bits per heavy atom. The van der Waals surface area contributed by atoms with Crippen LogP contribution >= 0.6 is 11.6 Å². The molecule has 2 unspecified atom stereocenters. The summed E-state index contributed by atoms with van der Waals surface area (Å²) in [5, 5.41) is 1.06. The van der Waals surface area contributed by atoms with Crippen LogP contribution in [0.2, 0.25) is 5.02 Å². The lowest BCUT2D eigenvalue weighted by molar-refractivity contribution is 0.234. The Balaban J connectivity index is 2.06. The van der Waals surface area contributed by atoms with Crippen LogP contribution in [0.15, 0.2) is 24.4 Å². The third-order valence-electron chi connectivity index (χ3n) is 4.55. The maximum atomic E-state index is 14.1. The quantitative estimate of drug-likeness (QED) is 0.717. The molecule has 3 heterocycles. The zero-order valence-corrected chi connectivity index (χ0v) is 12.3. The van der Waals surface area contributed by atoms with Crippen molar-refractivity contribution < 1.29 is 4.39 Å². The molecule has 4 heteroatoms. The lowest BCUT2D eigenvalue weighted by Gasteiger charge is -2.39. The minimum atomic E-state index is -0.325. The first-order valence-electron chi connectivity index (χ1n) is 6.95. The minimum absolute atomic E-state index is 0.235. The number of aromatic nitrogens is 1. The molecule has 0 radical (unpaired) electrons. The van der Waals surface area contributed by atoms with Crippen LogP contribution in [-0.2, 0) is 6.54 Å². The van der Waals surface area contributed by atoms with Gasteiger partial charge in [-0.05, 0) is 30.7 Å². The molecule has 0 fully saturated rings. The second-order valence-corrected chi connectivity index (χ2v) is 6.38. The van der Waals surface area contributed by atoms with E-state index in [0.29, 0.717) is 12.0 Å². The average Bonchev–Trinajstić information content (AvgIpc) is 2.81. The van der Waals surface area contributed by atoms with E-state index in [4.69, 9.17) is 11.6 Å². The van der Waals surface area contributed by atoms with Crippen LogP contribution in [0, 0.1) is 11.7 Å². The molecule has 0 N–H and O–H groups in total. The summed E-state index contributed by atoms with van der Waals surface area (Å²) in [4.78, 5) is 2.36. The number of likely N-dealkylation sites (N-methyl/N-ethyl adjacent to an activating group) is 1. The van der Waals surface area contributed by atoms with Gasteiger partial charge in [-0.15, -0.1) is 0 Å². The molecule has 1 aromatic carbocycles. The van der Waals surface area contributed by atoms with Crippen molar-refractivity contribution in [3.05, 3.63) is 40.8 Å². The lowest BCUT2D eigenvalue weighted by atomic mass is 9.86. The van der Waals surface area contributed by atoms with Crippen LogP contribution < -0.4 is 0 Å². The maximum absolute atomic E-state index is 14.1. The van der Waals surface area contributed by atoms with E-state index in [9.17, 15) is 4.39 Å². The van der Waals surface area contributed by atoms with Crippen molar-refractivity contribution in [3.63, 3.8) is 0 Å². The fraction of sp³-hybridized carbons (Fsp3) is 0.375. The Hall–Kier alpha value is -1.32. The first-order chi connectivity index (χ1) is 9.56. The van der Waals surface area contributed by atoms with Gasteiger partial charge in [-0.25, -0.2) is 4.39 Å². The van der Waals surface area contributed by atoms with Crippen molar-refractivity contribution in [2.45, 2.75) is 19.5 Å². The van der Waals surface area contributed by atoms with Gasteiger partial charge >= 0.3 is 0 Å². The highest BCUT2D eigenvalue weighted by Crippen LogP contribution is 2.41. The van der Waals surface area contributed by atoms with E-state index in [1.165, 1.54) is 5.57 Å². The van der Waals surface area contributed by atoms with Crippen molar-refractivity contribution in [1.82, 2.24) is 9.47 Å². The molecule has 2 atom stereocenters. The predicted octanol–water partition coefficient (Wildman–Crippen LogP) is 3.78. The second kappa shape index (κ2) is 4.09. The molecule has 0 saturated heterocycles. The van der Waals surface area contributed by atoms with E-state index in [1.807, 2.05) is 12.3 Å². The van der Waals surface area contributed by atoms with Gasteiger partial charge in [-0.1, -0.05) is 24.6 Å². The van der Waals surface area contributed by atoms with Gasteiger partial charge in [-0.3, -0.25) is 4.90 Å². The van der Waals surface area contributed by atoms with E-state index < -0.39 is 0 Å². The molecule has 0 amide bonds. The summed E-state index contributed by atoms with van der Waals surface area (Å²) in [6.45, 7) is 4.16. The van der Waals surface area contributed by atoms with E-state index in [0.717, 1.165) is 29.6 Å². The Morgan fingerprint density at radius 3 is 2.95 bits per heavy atom. The van der Waals surface area contributed by atoms with E-state index in [1.54, 1.807) is 6.07 Å². The molecule has 0 aliphatic carbocycles. The van der Waals surface area contributed by atoms with Crippen molar-refractivity contribution in [3.8, 4) is 0 Å². The molecule has 2 aliphatic rings. The highest BCUT2D eigenvalue weighted by atomic mass is 35.5. The average molecular weight is 291 g/mol. The van der Waals surface area contributed by atoms with Crippen LogP contribution in [0.3, 0.4) is 0 Å². The summed E-state index contributed by atoms with van der Waals surface area (Å²) >= 11 is 6.11. The molecule has 4 rings (SSSR count). The van der Waals surface area contributed by atoms with Gasteiger partial charge in [0.05, 0.1) is 16.6 Å². The van der Waals surface area contributed by atoms with Gasteiger partial charge < -0.3 is 4.57 Å². The zero-order valence-electron chi connectivity index (χ0n) is 11.5. The van der Waals surface area contributed by atoms with Gasteiger partial charge in [0.2, 0.25) is 0 Å². The summed E-state index contributed by atoms with van der Waals surface area (Å²) in [6.07, 6.45) is 4.31. The molecule has 104 valence electrons. The van der Waals surface area contributed by atoms with Gasteiger partial charge in [-0.2, -0.15) is 0 Å². The van der Waals surface area contributed by atoms with Crippen LogP contribution in [0.4, 0.5) is 4.39 Å². The Kier molecular flexibility index (Phi) is 2.54. The molecule has 0 saturated carbocycles. The molecule has 1 aromatic heterocycles. The molecule has 2 aliphatic heterocycles. The Labute approximate surface area is 122 Å². The second-order valence-electron chi connectivity index (χ2n) is 6.00. The van der Waals surface area contributed by atoms with Crippen LogP contribution in [0.5, 0.6) is 0 Å². The van der Waals surface area contributed by atoms with Gasteiger partial charge in [0, 0.05) is 30.2 Å². The maximum Gasteiger partial charge on any atom is 0.143 e. The van der Waals surface area contributed by atoms with Gasteiger partial charge in [0.1, 0.15) is 5.82 Å². The lowest BCUT2D eigenvalue weighted by Crippen LogP contribution is -2.43. The van der Waals surface area contributed by atoms with Crippen molar-refractivity contribution in [1.29, 1.82) is 0 Å². The number of benzene rings is 1. The summed E-state index contributed by atoms with van der Waals surface area (Å²) < 4.78 is 16.3. The highest BCUT2D eigenvalue weighted by Gasteiger charge is 2.33. The predicted molar refractivity (Wildman–Crippen MR) is 80.5 cm³/mol. The first kappa shape index (κ1) is 12.4. The van der Waals surface area contributed by atoms with Crippen LogP contribution in [0.25, 0.3) is 16.5 Å². The first-order valence-corrected chi connectivity index (χ1v) is 7.33. The molecular formula is C16H16ClFN2. The fourth-order valence-electron chi connectivity index (χ4n) is 3.69. The van der Waals surface area contributed by atoms with E-state index in [2.05, 4.69) is 29.5 Å². The highest BCUT2D eigenvalue weighted by molar-refractivity contribution is 6.36. The minimum Gasteiger partial charge on any atom is -0.345 e. The summed E-state index contributed by atoms with van der Waals surface area (Å²) in [5.74, 6) is 0.163. The summed E-state index contributed by atoms with van der Waals surface area (Å²) in [7, 11) is 2.14. The van der Waals surface area contributed by atoms with Crippen molar-refractivity contribution in [2.75, 3.05) is 13.6 Å². The molecule has 2 nitrogen and oxygen atoms in total. The number of rotatable bonds is 0. The summed E-state index contributed by atoms with van der Waals surface area (Å²) in [6, 6.07) is 3.85. The van der Waals surface area contributed by atoms with Crippen molar-refractivity contribution >= 4 is 28.1 Å². The third-order valence-corrected chi connectivity index (χ3v) is 4.93. The number of halogens is 2. The van der Waals surface area contributed by atoms with Crippen LogP contribution in [0.1, 0.15) is 12.5 Å². The SMILES string of the molecule is CC1C=C2c3cc(F)c(Cl)c4ccn(c34)CC2N(C)C1. The monoisotopic (exact) mass is 290 g/mol. The van der Waals surface area contributed by atoms with Gasteiger partial charge in [0.25, 0.3) is 0 Å². The normalized spacial score (nSPS) is 25.7. The number of fused-ring (bicyclic) bond motifs is 2. The smallest absolute Gasteiger partial charge is 0.143 e. The molecule has 0 bridgehead atoms. The number of hydrogen-bond acceptors (Lipinski definition) is 1. The third kappa shape index (κ3) is 1.54. The largest absolute Gasteiger partial charge is 0.345 e. The van der Waals surface area contributed by atoms with Gasteiger partial charge in [0.15, 0.2) is 0 Å². The van der Waals surface area contributed by atoms with E-state index in [-0.39, 0.29) is 10.8 Å². The van der Waals surface area contributed by atoms with Crippen LogP contribution in [-0.4, -0.2) is 29.1 Å². The Bertz CT molecular complexity index is 747. The molecular weight excluding hydrogens is 275 g/mol. The summed E-state index contributed by atoms with van der Waals surface area (Å²) in [5.41, 5.74) is 3.32. The topological polar surface area (TPSA) is 8.17 Å².